The van der Waals surface area contributed by atoms with Crippen LogP contribution < -0.4 is 5.32 Å². The third kappa shape index (κ3) is 8.27. The number of rotatable bonds is 10. The molecule has 1 atom stereocenters. The maximum Gasteiger partial charge on any atom is 0.359 e. The molecule has 0 aliphatic rings. The van der Waals surface area contributed by atoms with E-state index in [9.17, 15) is 26.8 Å². The van der Waals surface area contributed by atoms with Crippen molar-refractivity contribution in [1.82, 2.24) is 5.32 Å². The first-order valence-electron chi connectivity index (χ1n) is 9.21. The van der Waals surface area contributed by atoms with Crippen LogP contribution in [0.1, 0.15) is 28.4 Å². The molecule has 2 aromatic rings. The minimum atomic E-state index is -4.50. The van der Waals surface area contributed by atoms with E-state index in [1.54, 1.807) is 49.4 Å². The van der Waals surface area contributed by atoms with E-state index in [1.807, 2.05) is 0 Å². The molecule has 0 aliphatic carbocycles. The lowest BCUT2D eigenvalue weighted by Crippen LogP contribution is -2.43. The van der Waals surface area contributed by atoms with E-state index in [0.717, 1.165) is 6.08 Å². The molecule has 0 aromatic heterocycles. The second-order valence-electron chi connectivity index (χ2n) is 6.24. The van der Waals surface area contributed by atoms with Gasteiger partial charge >= 0.3 is 12.6 Å². The van der Waals surface area contributed by atoms with Crippen LogP contribution in [-0.4, -0.2) is 39.6 Å². The summed E-state index contributed by atoms with van der Waals surface area (Å²) < 4.78 is 55.3. The number of alkyl halides is 2. The van der Waals surface area contributed by atoms with Crippen LogP contribution in [0, 0.1) is 0 Å². The summed E-state index contributed by atoms with van der Waals surface area (Å²) in [6.07, 6.45) is 1.23. The number of amides is 1. The molecule has 7 nitrogen and oxygen atoms in total. The number of nitrogens with one attached hydrogen (secondary N) is 1. The SMILES string of the molecule is CCOC(=O)C(Cc1ccc(/C=C/S(=O)(=O)OC(F)F)cc1)NC(=O)c1ccccc1. The number of hydrogen-bond acceptors (Lipinski definition) is 6. The van der Waals surface area contributed by atoms with Gasteiger partial charge in [0.2, 0.25) is 0 Å². The van der Waals surface area contributed by atoms with Crippen molar-refractivity contribution in [3.63, 3.8) is 0 Å². The van der Waals surface area contributed by atoms with E-state index in [2.05, 4.69) is 9.50 Å². The van der Waals surface area contributed by atoms with Crippen LogP contribution >= 0.6 is 0 Å². The molecule has 0 aliphatic heterocycles. The summed E-state index contributed by atoms with van der Waals surface area (Å²) in [5.41, 5.74) is 1.46. The first kappa shape index (κ1) is 24.2. The summed E-state index contributed by atoms with van der Waals surface area (Å²) in [6.45, 7) is -1.64. The Morgan fingerprint density at radius 2 is 1.71 bits per heavy atom. The average Bonchev–Trinajstić information content (AvgIpc) is 2.72. The van der Waals surface area contributed by atoms with E-state index in [-0.39, 0.29) is 13.0 Å². The highest BCUT2D eigenvalue weighted by Crippen LogP contribution is 2.12. The number of halogens is 2. The van der Waals surface area contributed by atoms with Gasteiger partial charge in [0.05, 0.1) is 12.0 Å². The Bertz CT molecular complexity index is 1010. The van der Waals surface area contributed by atoms with Crippen molar-refractivity contribution in [2.24, 2.45) is 0 Å². The number of benzene rings is 2. The van der Waals surface area contributed by atoms with Crippen molar-refractivity contribution >= 4 is 28.1 Å². The molecule has 1 amide bonds. The fourth-order valence-electron chi connectivity index (χ4n) is 2.56. The lowest BCUT2D eigenvalue weighted by atomic mass is 10.0. The molecule has 0 saturated carbocycles. The van der Waals surface area contributed by atoms with Gasteiger partial charge in [-0.05, 0) is 36.3 Å². The Hall–Kier alpha value is -3.11. The first-order valence-corrected chi connectivity index (χ1v) is 10.7. The van der Waals surface area contributed by atoms with E-state index < -0.39 is 34.6 Å². The van der Waals surface area contributed by atoms with Gasteiger partial charge in [0, 0.05) is 12.0 Å². The predicted molar refractivity (Wildman–Crippen MR) is 110 cm³/mol. The molecular weight excluding hydrogens is 432 g/mol. The zero-order valence-electron chi connectivity index (χ0n) is 16.5. The van der Waals surface area contributed by atoms with E-state index >= 15 is 0 Å². The highest BCUT2D eigenvalue weighted by Gasteiger charge is 2.23. The Morgan fingerprint density at radius 3 is 2.29 bits per heavy atom. The van der Waals surface area contributed by atoms with Crippen molar-refractivity contribution in [2.75, 3.05) is 6.61 Å². The van der Waals surface area contributed by atoms with Crippen LogP contribution in [0.2, 0.25) is 0 Å². The monoisotopic (exact) mass is 453 g/mol. The van der Waals surface area contributed by atoms with Crippen LogP contribution in [0.3, 0.4) is 0 Å². The molecule has 10 heteroatoms. The number of carbonyl (C=O) groups excluding carboxylic acids is 2. The smallest absolute Gasteiger partial charge is 0.359 e. The summed E-state index contributed by atoms with van der Waals surface area (Å²) >= 11 is 0. The van der Waals surface area contributed by atoms with Gasteiger partial charge in [-0.2, -0.15) is 21.4 Å². The molecule has 0 saturated heterocycles. The fraction of sp³-hybridized carbons (Fsp3) is 0.238. The normalized spacial score (nSPS) is 12.6. The maximum absolute atomic E-state index is 12.4. The number of esters is 1. The number of hydrogen-bond donors (Lipinski definition) is 1. The van der Waals surface area contributed by atoms with Gasteiger partial charge in [0.15, 0.2) is 0 Å². The quantitative estimate of drug-likeness (QED) is 0.438. The minimum absolute atomic E-state index is 0.133. The van der Waals surface area contributed by atoms with E-state index in [4.69, 9.17) is 4.74 Å². The molecular formula is C21H21F2NO6S. The molecule has 166 valence electrons. The average molecular weight is 453 g/mol. The Labute approximate surface area is 178 Å². The summed E-state index contributed by atoms with van der Waals surface area (Å²) in [5, 5.41) is 3.17. The van der Waals surface area contributed by atoms with Crippen LogP contribution in [0.5, 0.6) is 0 Å². The summed E-state index contributed by atoms with van der Waals surface area (Å²) in [6, 6.07) is 13.8. The lowest BCUT2D eigenvalue weighted by Gasteiger charge is -2.17. The summed E-state index contributed by atoms with van der Waals surface area (Å²) in [7, 11) is -4.50. The van der Waals surface area contributed by atoms with E-state index in [0.29, 0.717) is 22.1 Å². The van der Waals surface area contributed by atoms with Gasteiger partial charge in [-0.3, -0.25) is 4.79 Å². The second kappa shape index (κ2) is 11.3. The zero-order chi connectivity index (χ0) is 22.9. The summed E-state index contributed by atoms with van der Waals surface area (Å²) in [5.74, 6) is -1.02. The van der Waals surface area contributed by atoms with E-state index in [1.165, 1.54) is 12.1 Å². The van der Waals surface area contributed by atoms with Crippen molar-refractivity contribution in [2.45, 2.75) is 26.0 Å². The van der Waals surface area contributed by atoms with Gasteiger partial charge in [-0.15, -0.1) is 0 Å². The van der Waals surface area contributed by atoms with Crippen LogP contribution in [0.25, 0.3) is 6.08 Å². The third-order valence-electron chi connectivity index (χ3n) is 3.97. The Kier molecular flexibility index (Phi) is 8.83. The molecule has 0 spiro atoms. The predicted octanol–water partition coefficient (Wildman–Crippen LogP) is 3.13. The standard InChI is InChI=1S/C21H21F2NO6S/c1-2-29-20(26)18(24-19(25)17-6-4-3-5-7-17)14-16-10-8-15(9-11-16)12-13-31(27,28)30-21(22)23/h3-13,18,21H,2,14H2,1H3,(H,24,25)/b13-12+. The van der Waals surface area contributed by atoms with Crippen molar-refractivity contribution in [1.29, 1.82) is 0 Å². The summed E-state index contributed by atoms with van der Waals surface area (Å²) in [4.78, 5) is 24.7. The van der Waals surface area contributed by atoms with Crippen LogP contribution in [0.15, 0.2) is 60.0 Å². The molecule has 2 rings (SSSR count). The van der Waals surface area contributed by atoms with Crippen molar-refractivity contribution in [3.05, 3.63) is 76.7 Å². The van der Waals surface area contributed by atoms with Crippen LogP contribution in [-0.2, 0) is 30.3 Å². The zero-order valence-corrected chi connectivity index (χ0v) is 17.3. The van der Waals surface area contributed by atoms with Crippen molar-refractivity contribution < 1.29 is 35.7 Å². The molecule has 0 heterocycles. The Morgan fingerprint density at radius 1 is 1.06 bits per heavy atom. The first-order chi connectivity index (χ1) is 14.7. The molecule has 31 heavy (non-hydrogen) atoms. The number of ether oxygens (including phenoxy) is 1. The molecule has 0 fully saturated rings. The van der Waals surface area contributed by atoms with Gasteiger partial charge in [0.25, 0.3) is 16.0 Å². The topological polar surface area (TPSA) is 98.8 Å². The number of carbonyl (C=O) groups is 2. The fourth-order valence-corrected chi connectivity index (χ4v) is 3.15. The van der Waals surface area contributed by atoms with Crippen LogP contribution in [0.4, 0.5) is 8.78 Å². The Balaban J connectivity index is 2.10. The van der Waals surface area contributed by atoms with Gasteiger partial charge in [-0.1, -0.05) is 42.5 Å². The maximum atomic E-state index is 12.4. The highest BCUT2D eigenvalue weighted by molar-refractivity contribution is 7.89. The third-order valence-corrected chi connectivity index (χ3v) is 4.85. The van der Waals surface area contributed by atoms with Gasteiger partial charge in [0.1, 0.15) is 6.04 Å². The largest absolute Gasteiger partial charge is 0.464 e. The molecule has 1 unspecified atom stereocenters. The molecule has 0 radical (unpaired) electrons. The lowest BCUT2D eigenvalue weighted by molar-refractivity contribution is -0.145. The molecule has 0 bridgehead atoms. The molecule has 1 N–H and O–H groups in total. The molecule has 2 aromatic carbocycles. The van der Waals surface area contributed by atoms with Gasteiger partial charge < -0.3 is 10.1 Å². The minimum Gasteiger partial charge on any atom is -0.464 e. The van der Waals surface area contributed by atoms with Crippen molar-refractivity contribution in [3.8, 4) is 0 Å². The van der Waals surface area contributed by atoms with Gasteiger partial charge in [-0.25, -0.2) is 4.79 Å². The highest BCUT2D eigenvalue weighted by atomic mass is 32.2. The second-order valence-corrected chi connectivity index (χ2v) is 7.69.